The number of aryl methyl sites for hydroxylation is 1. The molecule has 2 rings (SSSR count). The van der Waals surface area contributed by atoms with Crippen molar-refractivity contribution in [2.75, 3.05) is 11.9 Å². The van der Waals surface area contributed by atoms with Gasteiger partial charge in [0, 0.05) is 5.69 Å². The van der Waals surface area contributed by atoms with Crippen LogP contribution in [0.1, 0.15) is 11.1 Å². The Bertz CT molecular complexity index is 734. The Hall–Kier alpha value is -2.40. The zero-order valence-electron chi connectivity index (χ0n) is 12.5. The van der Waals surface area contributed by atoms with Gasteiger partial charge >= 0.3 is 0 Å². The van der Waals surface area contributed by atoms with E-state index in [9.17, 15) is 14.0 Å². The molecule has 2 aromatic carbocycles. The van der Waals surface area contributed by atoms with Crippen LogP contribution in [0.5, 0.6) is 0 Å². The van der Waals surface area contributed by atoms with Crippen molar-refractivity contribution < 1.29 is 14.0 Å². The maximum absolute atomic E-state index is 13.0. The van der Waals surface area contributed by atoms with Crippen molar-refractivity contribution in [2.24, 2.45) is 0 Å². The maximum Gasteiger partial charge on any atom is 0.243 e. The van der Waals surface area contributed by atoms with Crippen molar-refractivity contribution in [3.63, 3.8) is 0 Å². The van der Waals surface area contributed by atoms with E-state index in [0.29, 0.717) is 5.69 Å². The zero-order chi connectivity index (χ0) is 16.8. The van der Waals surface area contributed by atoms with Gasteiger partial charge in [0.25, 0.3) is 0 Å². The van der Waals surface area contributed by atoms with Crippen LogP contribution < -0.4 is 10.6 Å². The second-order valence-corrected chi connectivity index (χ2v) is 5.53. The summed E-state index contributed by atoms with van der Waals surface area (Å²) in [4.78, 5) is 23.6. The highest BCUT2D eigenvalue weighted by molar-refractivity contribution is 6.31. The lowest BCUT2D eigenvalue weighted by molar-refractivity contribution is -0.123. The lowest BCUT2D eigenvalue weighted by Crippen LogP contribution is -2.33. The van der Waals surface area contributed by atoms with Crippen molar-refractivity contribution >= 4 is 29.1 Å². The van der Waals surface area contributed by atoms with Crippen LogP contribution in [-0.2, 0) is 16.0 Å². The van der Waals surface area contributed by atoms with E-state index in [1.165, 1.54) is 12.1 Å². The third-order valence-electron chi connectivity index (χ3n) is 3.10. The average molecular weight is 335 g/mol. The molecule has 2 aromatic rings. The van der Waals surface area contributed by atoms with Crippen LogP contribution >= 0.6 is 11.6 Å². The number of hydrogen-bond donors (Lipinski definition) is 2. The van der Waals surface area contributed by atoms with Gasteiger partial charge in [-0.1, -0.05) is 41.4 Å². The highest BCUT2D eigenvalue weighted by Gasteiger charge is 2.08. The van der Waals surface area contributed by atoms with E-state index in [0.717, 1.165) is 17.2 Å². The molecule has 0 aliphatic carbocycles. The van der Waals surface area contributed by atoms with E-state index >= 15 is 0 Å². The van der Waals surface area contributed by atoms with Crippen molar-refractivity contribution in [2.45, 2.75) is 13.3 Å². The molecule has 0 spiro atoms. The van der Waals surface area contributed by atoms with Gasteiger partial charge < -0.3 is 10.6 Å². The van der Waals surface area contributed by atoms with E-state index < -0.39 is 11.7 Å². The minimum atomic E-state index is -0.559. The van der Waals surface area contributed by atoms with Crippen LogP contribution in [0.4, 0.5) is 10.1 Å². The summed E-state index contributed by atoms with van der Waals surface area (Å²) in [7, 11) is 0. The van der Waals surface area contributed by atoms with Crippen molar-refractivity contribution in [1.29, 1.82) is 0 Å². The first-order chi connectivity index (χ1) is 10.9. The van der Waals surface area contributed by atoms with E-state index in [4.69, 9.17) is 11.6 Å². The number of carbonyl (C=O) groups is 2. The molecule has 0 atom stereocenters. The molecular weight excluding hydrogens is 319 g/mol. The summed E-state index contributed by atoms with van der Waals surface area (Å²) in [5.74, 6) is -1.22. The summed E-state index contributed by atoms with van der Waals surface area (Å²) in [6.07, 6.45) is 0.206. The molecule has 0 fully saturated rings. The molecule has 120 valence electrons. The van der Waals surface area contributed by atoms with Crippen LogP contribution in [-0.4, -0.2) is 18.4 Å². The topological polar surface area (TPSA) is 58.2 Å². The molecule has 0 aromatic heterocycles. The molecule has 0 heterocycles. The molecule has 0 aliphatic rings. The number of benzene rings is 2. The van der Waals surface area contributed by atoms with Gasteiger partial charge in [-0.05, 0) is 30.7 Å². The van der Waals surface area contributed by atoms with Crippen molar-refractivity contribution in [3.05, 3.63) is 64.4 Å². The molecule has 0 bridgehead atoms. The average Bonchev–Trinajstić information content (AvgIpc) is 2.49. The molecule has 23 heavy (non-hydrogen) atoms. The fourth-order valence-electron chi connectivity index (χ4n) is 2.03. The predicted octanol–water partition coefficient (Wildman–Crippen LogP) is 3.08. The van der Waals surface area contributed by atoms with Crippen LogP contribution in [0, 0.1) is 12.7 Å². The van der Waals surface area contributed by atoms with Gasteiger partial charge in [0.15, 0.2) is 0 Å². The molecular formula is C17H16ClFN2O2. The SMILES string of the molecule is Cc1cccc(CC(=O)NCC(=O)Nc2ccc(F)c(Cl)c2)c1. The van der Waals surface area contributed by atoms with E-state index in [1.807, 2.05) is 31.2 Å². The van der Waals surface area contributed by atoms with E-state index in [1.54, 1.807) is 0 Å². The predicted molar refractivity (Wildman–Crippen MR) is 87.9 cm³/mol. The second-order valence-electron chi connectivity index (χ2n) is 5.12. The van der Waals surface area contributed by atoms with Gasteiger partial charge in [-0.25, -0.2) is 4.39 Å². The number of anilines is 1. The van der Waals surface area contributed by atoms with Gasteiger partial charge in [-0.2, -0.15) is 0 Å². The largest absolute Gasteiger partial charge is 0.347 e. The fourth-order valence-corrected chi connectivity index (χ4v) is 2.21. The van der Waals surface area contributed by atoms with Crippen LogP contribution in [0.25, 0.3) is 0 Å². The smallest absolute Gasteiger partial charge is 0.243 e. The van der Waals surface area contributed by atoms with Gasteiger partial charge in [-0.3, -0.25) is 9.59 Å². The monoisotopic (exact) mass is 334 g/mol. The number of rotatable bonds is 5. The van der Waals surface area contributed by atoms with Crippen LogP contribution in [0.3, 0.4) is 0 Å². The summed E-state index contributed by atoms with van der Waals surface area (Å²) >= 11 is 5.63. The summed E-state index contributed by atoms with van der Waals surface area (Å²) in [5, 5.41) is 4.99. The Labute approximate surface area is 138 Å². The van der Waals surface area contributed by atoms with E-state index in [-0.39, 0.29) is 23.9 Å². The quantitative estimate of drug-likeness (QED) is 0.882. The van der Waals surface area contributed by atoms with Gasteiger partial charge in [0.05, 0.1) is 18.0 Å². The number of amides is 2. The van der Waals surface area contributed by atoms with Crippen LogP contribution in [0.15, 0.2) is 42.5 Å². The van der Waals surface area contributed by atoms with Crippen molar-refractivity contribution in [3.8, 4) is 0 Å². The third kappa shape index (κ3) is 5.38. The number of carbonyl (C=O) groups excluding carboxylic acids is 2. The normalized spacial score (nSPS) is 10.2. The first-order valence-electron chi connectivity index (χ1n) is 7.01. The molecule has 6 heteroatoms. The van der Waals surface area contributed by atoms with Gasteiger partial charge in [-0.15, -0.1) is 0 Å². The minimum absolute atomic E-state index is 0.0775. The molecule has 4 nitrogen and oxygen atoms in total. The molecule has 0 saturated heterocycles. The summed E-state index contributed by atoms with van der Waals surface area (Å²) in [6, 6.07) is 11.5. The first kappa shape index (κ1) is 17.0. The van der Waals surface area contributed by atoms with Crippen LogP contribution in [0.2, 0.25) is 5.02 Å². The standard InChI is InChI=1S/C17H16ClFN2O2/c1-11-3-2-4-12(7-11)8-16(22)20-10-17(23)21-13-5-6-15(19)14(18)9-13/h2-7,9H,8,10H2,1H3,(H,20,22)(H,21,23). The number of hydrogen-bond acceptors (Lipinski definition) is 2. The first-order valence-corrected chi connectivity index (χ1v) is 7.39. The molecule has 0 unspecified atom stereocenters. The number of halogens is 2. The molecule has 2 amide bonds. The van der Waals surface area contributed by atoms with E-state index in [2.05, 4.69) is 10.6 Å². The Morgan fingerprint density at radius 1 is 1.13 bits per heavy atom. The Balaban J connectivity index is 1.81. The highest BCUT2D eigenvalue weighted by Crippen LogP contribution is 2.19. The summed E-state index contributed by atoms with van der Waals surface area (Å²) in [5.41, 5.74) is 2.32. The second kappa shape index (κ2) is 7.74. The zero-order valence-corrected chi connectivity index (χ0v) is 13.3. The summed E-state index contributed by atoms with van der Waals surface area (Å²) in [6.45, 7) is 1.78. The fraction of sp³-hybridized carbons (Fsp3) is 0.176. The molecule has 0 aliphatic heterocycles. The highest BCUT2D eigenvalue weighted by atomic mass is 35.5. The van der Waals surface area contributed by atoms with Gasteiger partial charge in [0.2, 0.25) is 11.8 Å². The maximum atomic E-state index is 13.0. The Morgan fingerprint density at radius 2 is 1.91 bits per heavy atom. The Kier molecular flexibility index (Phi) is 5.71. The lowest BCUT2D eigenvalue weighted by Gasteiger charge is -2.08. The third-order valence-corrected chi connectivity index (χ3v) is 3.39. The molecule has 2 N–H and O–H groups in total. The molecule has 0 radical (unpaired) electrons. The summed E-state index contributed by atoms with van der Waals surface area (Å²) < 4.78 is 13.0. The van der Waals surface area contributed by atoms with Gasteiger partial charge in [0.1, 0.15) is 5.82 Å². The Morgan fingerprint density at radius 3 is 2.61 bits per heavy atom. The number of nitrogens with one attached hydrogen (secondary N) is 2. The molecule has 0 saturated carbocycles. The lowest BCUT2D eigenvalue weighted by atomic mass is 10.1. The van der Waals surface area contributed by atoms with Crippen molar-refractivity contribution in [1.82, 2.24) is 5.32 Å². The minimum Gasteiger partial charge on any atom is -0.347 e.